The van der Waals surface area contributed by atoms with Gasteiger partial charge in [-0.2, -0.15) is 0 Å². The molecule has 0 bridgehead atoms. The molecule has 0 aliphatic carbocycles. The van der Waals surface area contributed by atoms with Gasteiger partial charge in [0.2, 0.25) is 0 Å². The molecule has 0 aromatic heterocycles. The molecule has 0 aliphatic heterocycles. The van der Waals surface area contributed by atoms with Crippen molar-refractivity contribution in [1.82, 2.24) is 0 Å². The van der Waals surface area contributed by atoms with Crippen LogP contribution in [0.3, 0.4) is 0 Å². The summed E-state index contributed by atoms with van der Waals surface area (Å²) < 4.78 is -0.777. The van der Waals surface area contributed by atoms with Crippen molar-refractivity contribution in [2.75, 3.05) is 5.33 Å². The molecule has 112 valence electrons. The topological polar surface area (TPSA) is 40.5 Å². The highest BCUT2D eigenvalue weighted by Crippen LogP contribution is 2.58. The van der Waals surface area contributed by atoms with Crippen molar-refractivity contribution in [2.24, 2.45) is 0 Å². The van der Waals surface area contributed by atoms with E-state index in [-0.39, 0.29) is 11.5 Å². The molecule has 0 atom stereocenters. The standard InChI is InChI=1S/C15H12Br4O2/c16-9-14(15(17,18)19,10-5-1-3-7-12(10)20)11-6-2-4-8-13(11)21/h1-8,20-21H,9H2. The van der Waals surface area contributed by atoms with Crippen molar-refractivity contribution in [1.29, 1.82) is 0 Å². The summed E-state index contributed by atoms with van der Waals surface area (Å²) in [6.07, 6.45) is 0. The monoisotopic (exact) mass is 540 g/mol. The van der Waals surface area contributed by atoms with Crippen LogP contribution in [0.25, 0.3) is 0 Å². The summed E-state index contributed by atoms with van der Waals surface area (Å²) in [7, 11) is 0. The summed E-state index contributed by atoms with van der Waals surface area (Å²) in [5, 5.41) is 21.1. The molecule has 0 saturated carbocycles. The highest BCUT2D eigenvalue weighted by Gasteiger charge is 2.51. The van der Waals surface area contributed by atoms with Gasteiger partial charge in [-0.1, -0.05) is 100 Å². The summed E-state index contributed by atoms with van der Waals surface area (Å²) >= 11 is 14.3. The Morgan fingerprint density at radius 2 is 1.14 bits per heavy atom. The van der Waals surface area contributed by atoms with Gasteiger partial charge in [-0.05, 0) is 12.1 Å². The Bertz CT molecular complexity index is 592. The number of alkyl halides is 4. The number of phenolic OH excluding ortho intramolecular Hbond substituents is 2. The Morgan fingerprint density at radius 1 is 0.762 bits per heavy atom. The van der Waals surface area contributed by atoms with Crippen LogP contribution >= 0.6 is 63.7 Å². The molecule has 2 aromatic carbocycles. The first kappa shape index (κ1) is 17.3. The van der Waals surface area contributed by atoms with Crippen molar-refractivity contribution in [3.8, 4) is 11.5 Å². The molecule has 0 heterocycles. The minimum atomic E-state index is -0.788. The second kappa shape index (κ2) is 6.60. The van der Waals surface area contributed by atoms with E-state index in [4.69, 9.17) is 0 Å². The van der Waals surface area contributed by atoms with Gasteiger partial charge in [0.1, 0.15) is 13.6 Å². The molecule has 6 heteroatoms. The van der Waals surface area contributed by atoms with E-state index in [2.05, 4.69) is 63.7 Å². The van der Waals surface area contributed by atoms with E-state index < -0.39 is 7.56 Å². The molecule has 0 saturated heterocycles. The van der Waals surface area contributed by atoms with Crippen LogP contribution in [-0.2, 0) is 5.41 Å². The van der Waals surface area contributed by atoms with E-state index in [1.807, 2.05) is 24.3 Å². The van der Waals surface area contributed by atoms with E-state index in [1.165, 1.54) is 0 Å². The lowest BCUT2D eigenvalue weighted by molar-refractivity contribution is 0.435. The fourth-order valence-electron chi connectivity index (χ4n) is 2.34. The minimum Gasteiger partial charge on any atom is -0.508 e. The average Bonchev–Trinajstić information content (AvgIpc) is 2.42. The third kappa shape index (κ3) is 3.05. The molecule has 0 spiro atoms. The minimum absolute atomic E-state index is 0.155. The molecule has 0 fully saturated rings. The van der Waals surface area contributed by atoms with E-state index in [1.54, 1.807) is 24.3 Å². The van der Waals surface area contributed by atoms with Crippen LogP contribution in [0.4, 0.5) is 0 Å². The summed E-state index contributed by atoms with van der Waals surface area (Å²) in [4.78, 5) is 0. The van der Waals surface area contributed by atoms with Crippen LogP contribution in [0.1, 0.15) is 11.1 Å². The molecule has 2 rings (SSSR count). The van der Waals surface area contributed by atoms with Crippen LogP contribution in [-0.4, -0.2) is 17.7 Å². The number of phenols is 2. The number of halogens is 4. The van der Waals surface area contributed by atoms with Crippen LogP contribution < -0.4 is 0 Å². The molecule has 0 radical (unpaired) electrons. The second-order valence-corrected chi connectivity index (χ2v) is 11.9. The first-order valence-electron chi connectivity index (χ1n) is 6.04. The lowest BCUT2D eigenvalue weighted by Crippen LogP contribution is -2.42. The zero-order valence-electron chi connectivity index (χ0n) is 10.7. The SMILES string of the molecule is Oc1ccccc1C(CBr)(c1ccccc1O)C(Br)(Br)Br. The lowest BCUT2D eigenvalue weighted by atomic mass is 9.77. The lowest BCUT2D eigenvalue weighted by Gasteiger charge is -2.41. The normalized spacial score (nSPS) is 12.4. The van der Waals surface area contributed by atoms with Gasteiger partial charge in [0.15, 0.2) is 0 Å². The first-order chi connectivity index (χ1) is 9.84. The molecular weight excluding hydrogens is 532 g/mol. The van der Waals surface area contributed by atoms with E-state index in [9.17, 15) is 10.2 Å². The molecule has 0 amide bonds. The molecular formula is C15H12Br4O2. The third-order valence-electron chi connectivity index (χ3n) is 3.41. The van der Waals surface area contributed by atoms with Gasteiger partial charge < -0.3 is 10.2 Å². The van der Waals surface area contributed by atoms with Crippen LogP contribution in [0, 0.1) is 0 Å². The van der Waals surface area contributed by atoms with Crippen molar-refractivity contribution >= 4 is 63.7 Å². The van der Waals surface area contributed by atoms with Crippen molar-refractivity contribution in [2.45, 2.75) is 7.56 Å². The maximum Gasteiger partial charge on any atom is 0.149 e. The molecule has 21 heavy (non-hydrogen) atoms. The number of para-hydroxylation sites is 2. The zero-order valence-corrected chi connectivity index (χ0v) is 17.1. The van der Waals surface area contributed by atoms with Crippen LogP contribution in [0.2, 0.25) is 0 Å². The Hall–Kier alpha value is -0.0400. The fourth-order valence-corrected chi connectivity index (χ4v) is 6.19. The molecule has 0 aliphatic rings. The molecule has 2 nitrogen and oxygen atoms in total. The first-order valence-corrected chi connectivity index (χ1v) is 9.54. The number of benzene rings is 2. The number of aromatic hydroxyl groups is 2. The maximum absolute atomic E-state index is 10.3. The highest BCUT2D eigenvalue weighted by atomic mass is 80.0. The van der Waals surface area contributed by atoms with Crippen LogP contribution in [0.5, 0.6) is 11.5 Å². The number of hydrogen-bond donors (Lipinski definition) is 2. The van der Waals surface area contributed by atoms with Gasteiger partial charge in [0, 0.05) is 16.5 Å². The Balaban J connectivity index is 2.84. The van der Waals surface area contributed by atoms with Gasteiger partial charge in [-0.25, -0.2) is 0 Å². The van der Waals surface area contributed by atoms with Crippen molar-refractivity contribution in [3.05, 3.63) is 59.7 Å². The van der Waals surface area contributed by atoms with Gasteiger partial charge in [-0.15, -0.1) is 0 Å². The molecule has 2 N–H and O–H groups in total. The van der Waals surface area contributed by atoms with E-state index in [0.717, 1.165) is 0 Å². The smallest absolute Gasteiger partial charge is 0.149 e. The van der Waals surface area contributed by atoms with Gasteiger partial charge in [0.25, 0.3) is 0 Å². The Labute approximate surface area is 157 Å². The second-order valence-electron chi connectivity index (χ2n) is 4.57. The largest absolute Gasteiger partial charge is 0.508 e. The third-order valence-corrected chi connectivity index (χ3v) is 6.28. The average molecular weight is 544 g/mol. The van der Waals surface area contributed by atoms with Crippen LogP contribution in [0.15, 0.2) is 48.5 Å². The highest BCUT2D eigenvalue weighted by molar-refractivity contribution is 9.39. The van der Waals surface area contributed by atoms with E-state index >= 15 is 0 Å². The Morgan fingerprint density at radius 3 is 1.43 bits per heavy atom. The predicted molar refractivity (Wildman–Crippen MR) is 100 cm³/mol. The van der Waals surface area contributed by atoms with Gasteiger partial charge >= 0.3 is 0 Å². The van der Waals surface area contributed by atoms with E-state index in [0.29, 0.717) is 16.5 Å². The molecule has 2 aromatic rings. The molecule has 0 unspecified atom stereocenters. The zero-order chi connectivity index (χ0) is 15.7. The van der Waals surface area contributed by atoms with Crippen molar-refractivity contribution < 1.29 is 10.2 Å². The summed E-state index contributed by atoms with van der Waals surface area (Å²) in [5.74, 6) is 0.311. The van der Waals surface area contributed by atoms with Gasteiger partial charge in [0.05, 0.1) is 5.41 Å². The van der Waals surface area contributed by atoms with Gasteiger partial charge in [-0.3, -0.25) is 0 Å². The summed E-state index contributed by atoms with van der Waals surface area (Å²) in [6, 6.07) is 14.2. The predicted octanol–water partition coefficient (Wildman–Crippen LogP) is 5.62. The maximum atomic E-state index is 10.3. The Kier molecular flexibility index (Phi) is 5.45. The fraction of sp³-hybridized carbons (Fsp3) is 0.200. The number of hydrogen-bond acceptors (Lipinski definition) is 2. The summed E-state index contributed by atoms with van der Waals surface area (Å²) in [5.41, 5.74) is 0.562. The quantitative estimate of drug-likeness (QED) is 0.494. The summed E-state index contributed by atoms with van der Waals surface area (Å²) in [6.45, 7) is 0. The number of rotatable bonds is 3. The van der Waals surface area contributed by atoms with Crippen molar-refractivity contribution in [3.63, 3.8) is 0 Å².